The van der Waals surface area contributed by atoms with E-state index in [-0.39, 0.29) is 6.09 Å². The number of amides is 1. The molecule has 1 aliphatic rings. The van der Waals surface area contributed by atoms with Gasteiger partial charge in [-0.1, -0.05) is 0 Å². The Labute approximate surface area is 127 Å². The van der Waals surface area contributed by atoms with Crippen molar-refractivity contribution < 1.29 is 9.53 Å². The molecule has 6 nitrogen and oxygen atoms in total. The Hall–Kier alpha value is -1.60. The fraction of sp³-hybridized carbons (Fsp3) is 0.571. The summed E-state index contributed by atoms with van der Waals surface area (Å²) >= 11 is 1.66. The largest absolute Gasteiger partial charge is 0.453 e. The summed E-state index contributed by atoms with van der Waals surface area (Å²) in [6.45, 7) is 4.37. The third kappa shape index (κ3) is 2.89. The number of fused-ring (bicyclic) bond motifs is 1. The molecule has 1 aliphatic heterocycles. The molecule has 0 unspecified atom stereocenters. The summed E-state index contributed by atoms with van der Waals surface area (Å²) in [5, 5.41) is 5.64. The van der Waals surface area contributed by atoms with E-state index in [0.717, 1.165) is 43.1 Å². The molecule has 21 heavy (non-hydrogen) atoms. The summed E-state index contributed by atoms with van der Waals surface area (Å²) in [6.07, 6.45) is 3.76. The van der Waals surface area contributed by atoms with Crippen LogP contribution in [0.15, 0.2) is 11.6 Å². The van der Waals surface area contributed by atoms with Gasteiger partial charge in [0.25, 0.3) is 0 Å². The molecule has 0 atom stereocenters. The lowest BCUT2D eigenvalue weighted by atomic mass is 10.1. The summed E-state index contributed by atoms with van der Waals surface area (Å²) in [5.74, 6) is 0. The lowest BCUT2D eigenvalue weighted by Crippen LogP contribution is -2.44. The van der Waals surface area contributed by atoms with Gasteiger partial charge in [0.05, 0.1) is 18.5 Å². The second-order valence-electron chi connectivity index (χ2n) is 5.31. The van der Waals surface area contributed by atoms with E-state index in [9.17, 15) is 4.79 Å². The number of nitrogens with zero attached hydrogens (tertiary/aromatic N) is 3. The van der Waals surface area contributed by atoms with Crippen molar-refractivity contribution in [2.24, 2.45) is 0 Å². The number of carbonyl (C=O) groups excluding carboxylic acids is 1. The molecule has 1 saturated heterocycles. The van der Waals surface area contributed by atoms with E-state index < -0.39 is 0 Å². The zero-order valence-electron chi connectivity index (χ0n) is 12.3. The number of hydrogen-bond acceptors (Lipinski definition) is 5. The van der Waals surface area contributed by atoms with Crippen LogP contribution in [0.25, 0.3) is 4.96 Å². The van der Waals surface area contributed by atoms with Gasteiger partial charge in [-0.05, 0) is 19.8 Å². The first-order chi connectivity index (χ1) is 10.2. The van der Waals surface area contributed by atoms with E-state index in [1.807, 2.05) is 0 Å². The Bertz CT molecular complexity index is 628. The number of methoxy groups -OCH3 is 1. The van der Waals surface area contributed by atoms with Crippen molar-refractivity contribution in [1.29, 1.82) is 0 Å². The predicted molar refractivity (Wildman–Crippen MR) is 81.6 cm³/mol. The van der Waals surface area contributed by atoms with Gasteiger partial charge in [-0.15, -0.1) is 11.3 Å². The average molecular weight is 308 g/mol. The maximum absolute atomic E-state index is 11.5. The lowest BCUT2D eigenvalue weighted by molar-refractivity contribution is 0.109. The molecule has 1 N–H and O–H groups in total. The molecule has 1 fully saturated rings. The Morgan fingerprint density at radius 2 is 2.29 bits per heavy atom. The lowest BCUT2D eigenvalue weighted by Gasteiger charge is -2.31. The van der Waals surface area contributed by atoms with Crippen molar-refractivity contribution in [1.82, 2.24) is 19.6 Å². The van der Waals surface area contributed by atoms with Gasteiger partial charge >= 0.3 is 6.09 Å². The second-order valence-corrected chi connectivity index (χ2v) is 6.18. The highest BCUT2D eigenvalue weighted by molar-refractivity contribution is 7.15. The molecule has 2 aromatic rings. The molecule has 0 aromatic carbocycles. The van der Waals surface area contributed by atoms with Crippen LogP contribution < -0.4 is 5.32 Å². The van der Waals surface area contributed by atoms with E-state index in [2.05, 4.69) is 33.2 Å². The van der Waals surface area contributed by atoms with Crippen LogP contribution in [-0.4, -0.2) is 46.6 Å². The number of thiazole rings is 1. The summed E-state index contributed by atoms with van der Waals surface area (Å²) in [7, 11) is 1.43. The molecule has 0 radical (unpaired) electrons. The maximum atomic E-state index is 11.5. The SMILES string of the molecule is COC(=O)N1CCC(NCc2c(C)nc3sccn23)CC1. The third-order valence-electron chi connectivity index (χ3n) is 4.05. The predicted octanol–water partition coefficient (Wildman–Crippen LogP) is 2.02. The summed E-state index contributed by atoms with van der Waals surface area (Å²) in [5.41, 5.74) is 2.31. The summed E-state index contributed by atoms with van der Waals surface area (Å²) < 4.78 is 6.90. The molecule has 0 aliphatic carbocycles. The first-order valence-electron chi connectivity index (χ1n) is 7.16. The van der Waals surface area contributed by atoms with Crippen molar-refractivity contribution in [2.45, 2.75) is 32.4 Å². The number of likely N-dealkylation sites (tertiary alicyclic amines) is 1. The van der Waals surface area contributed by atoms with E-state index in [1.165, 1.54) is 12.8 Å². The highest BCUT2D eigenvalue weighted by Gasteiger charge is 2.23. The van der Waals surface area contributed by atoms with Gasteiger partial charge in [-0.25, -0.2) is 9.78 Å². The van der Waals surface area contributed by atoms with E-state index in [4.69, 9.17) is 4.74 Å². The Balaban J connectivity index is 1.56. The van der Waals surface area contributed by atoms with Crippen LogP contribution in [0.4, 0.5) is 4.79 Å². The van der Waals surface area contributed by atoms with Gasteiger partial charge in [0.1, 0.15) is 0 Å². The third-order valence-corrected chi connectivity index (χ3v) is 4.80. The summed E-state index contributed by atoms with van der Waals surface area (Å²) in [6, 6.07) is 0.439. The number of rotatable bonds is 3. The molecule has 2 aromatic heterocycles. The maximum Gasteiger partial charge on any atom is 0.409 e. The van der Waals surface area contributed by atoms with Gasteiger partial charge in [0.15, 0.2) is 4.96 Å². The Kier molecular flexibility index (Phi) is 4.12. The number of aryl methyl sites for hydroxylation is 1. The molecule has 114 valence electrons. The minimum absolute atomic E-state index is 0.222. The molecular formula is C14H20N4O2S. The molecule has 3 rings (SSSR count). The molecule has 0 saturated carbocycles. The van der Waals surface area contributed by atoms with Crippen LogP contribution >= 0.6 is 11.3 Å². The minimum atomic E-state index is -0.222. The van der Waals surface area contributed by atoms with Crippen LogP contribution in [0.2, 0.25) is 0 Å². The van der Waals surface area contributed by atoms with E-state index in [1.54, 1.807) is 16.2 Å². The monoisotopic (exact) mass is 308 g/mol. The number of ether oxygens (including phenoxy) is 1. The van der Waals surface area contributed by atoms with Crippen LogP contribution in [-0.2, 0) is 11.3 Å². The normalized spacial score (nSPS) is 16.6. The first-order valence-corrected chi connectivity index (χ1v) is 8.04. The van der Waals surface area contributed by atoms with E-state index >= 15 is 0 Å². The van der Waals surface area contributed by atoms with Gasteiger partial charge in [0.2, 0.25) is 0 Å². The molecule has 7 heteroatoms. The molecule has 0 bridgehead atoms. The van der Waals surface area contributed by atoms with Crippen molar-refractivity contribution in [3.63, 3.8) is 0 Å². The highest BCUT2D eigenvalue weighted by Crippen LogP contribution is 2.18. The quantitative estimate of drug-likeness (QED) is 0.942. The average Bonchev–Trinajstić information content (AvgIpc) is 3.06. The number of carbonyl (C=O) groups is 1. The number of imidazole rings is 1. The van der Waals surface area contributed by atoms with Crippen molar-refractivity contribution in [3.05, 3.63) is 23.0 Å². The number of hydrogen-bond donors (Lipinski definition) is 1. The zero-order chi connectivity index (χ0) is 14.8. The number of aromatic nitrogens is 2. The topological polar surface area (TPSA) is 58.9 Å². The second kappa shape index (κ2) is 6.03. The number of nitrogens with one attached hydrogen (secondary N) is 1. The van der Waals surface area contributed by atoms with E-state index in [0.29, 0.717) is 6.04 Å². The fourth-order valence-corrected chi connectivity index (χ4v) is 3.57. The van der Waals surface area contributed by atoms with Gasteiger partial charge in [-0.2, -0.15) is 0 Å². The Morgan fingerprint density at radius 3 is 3.00 bits per heavy atom. The molecular weight excluding hydrogens is 288 g/mol. The first kappa shape index (κ1) is 14.3. The fourth-order valence-electron chi connectivity index (χ4n) is 2.79. The van der Waals surface area contributed by atoms with Gasteiger partial charge < -0.3 is 15.0 Å². The minimum Gasteiger partial charge on any atom is -0.453 e. The molecule has 1 amide bonds. The Morgan fingerprint density at radius 1 is 1.52 bits per heavy atom. The number of piperidine rings is 1. The zero-order valence-corrected chi connectivity index (χ0v) is 13.2. The summed E-state index contributed by atoms with van der Waals surface area (Å²) in [4.78, 5) is 18.8. The standard InChI is InChI=1S/C14H20N4O2S/c1-10-12(18-7-8-21-13(18)16-10)9-15-11-3-5-17(6-4-11)14(19)20-2/h7-8,11,15H,3-6,9H2,1-2H3. The van der Waals surface area contributed by atoms with Crippen LogP contribution in [0, 0.1) is 6.92 Å². The van der Waals surface area contributed by atoms with Crippen molar-refractivity contribution >= 4 is 22.4 Å². The molecule has 3 heterocycles. The molecule has 0 spiro atoms. The van der Waals surface area contributed by atoms with Crippen LogP contribution in [0.3, 0.4) is 0 Å². The van der Waals surface area contributed by atoms with Crippen molar-refractivity contribution in [2.75, 3.05) is 20.2 Å². The smallest absolute Gasteiger partial charge is 0.409 e. The van der Waals surface area contributed by atoms with Gasteiger partial charge in [-0.3, -0.25) is 4.40 Å². The van der Waals surface area contributed by atoms with Crippen LogP contribution in [0.1, 0.15) is 24.2 Å². The van der Waals surface area contributed by atoms with Crippen LogP contribution in [0.5, 0.6) is 0 Å². The highest BCUT2D eigenvalue weighted by atomic mass is 32.1. The van der Waals surface area contributed by atoms with Crippen molar-refractivity contribution in [3.8, 4) is 0 Å². The van der Waals surface area contributed by atoms with Gasteiger partial charge in [0, 0.05) is 37.3 Å².